The highest BCUT2D eigenvalue weighted by molar-refractivity contribution is 9.11. The molecule has 2 aromatic rings. The van der Waals surface area contributed by atoms with E-state index in [9.17, 15) is 0 Å². The molecule has 13 heavy (non-hydrogen) atoms. The molecule has 2 heterocycles. The standard InChI is InChI=1S/C9H8BrNS2/c10-8-2-1-7(13-8)9(11)6-3-4-12-5-6/h1-5,9H,11H2/t9-/m1/s1. The minimum Gasteiger partial charge on any atom is -0.320 e. The van der Waals surface area contributed by atoms with Gasteiger partial charge in [0.05, 0.1) is 9.83 Å². The van der Waals surface area contributed by atoms with Gasteiger partial charge in [-0.1, -0.05) is 0 Å². The predicted octanol–water partition coefficient (Wildman–Crippen LogP) is 3.62. The van der Waals surface area contributed by atoms with Crippen LogP contribution in [0.4, 0.5) is 0 Å². The highest BCUT2D eigenvalue weighted by Gasteiger charge is 2.10. The molecule has 1 atom stereocenters. The van der Waals surface area contributed by atoms with Crippen molar-refractivity contribution in [3.05, 3.63) is 43.2 Å². The molecule has 1 nitrogen and oxygen atoms in total. The van der Waals surface area contributed by atoms with Crippen LogP contribution in [0.2, 0.25) is 0 Å². The van der Waals surface area contributed by atoms with Crippen molar-refractivity contribution in [2.24, 2.45) is 5.73 Å². The molecule has 0 aromatic carbocycles. The van der Waals surface area contributed by atoms with Gasteiger partial charge in [-0.3, -0.25) is 0 Å². The molecule has 0 saturated carbocycles. The summed E-state index contributed by atoms with van der Waals surface area (Å²) in [6, 6.07) is 6.20. The summed E-state index contributed by atoms with van der Waals surface area (Å²) in [6.07, 6.45) is 0. The van der Waals surface area contributed by atoms with E-state index in [1.54, 1.807) is 22.7 Å². The van der Waals surface area contributed by atoms with Crippen molar-refractivity contribution in [1.29, 1.82) is 0 Å². The summed E-state index contributed by atoms with van der Waals surface area (Å²) in [5, 5.41) is 4.15. The summed E-state index contributed by atoms with van der Waals surface area (Å²) in [5.41, 5.74) is 7.26. The molecule has 0 unspecified atom stereocenters. The number of halogens is 1. The maximum atomic E-state index is 6.07. The van der Waals surface area contributed by atoms with Crippen LogP contribution in [0.1, 0.15) is 16.5 Å². The summed E-state index contributed by atoms with van der Waals surface area (Å²) in [4.78, 5) is 1.20. The zero-order valence-electron chi connectivity index (χ0n) is 6.74. The van der Waals surface area contributed by atoms with Crippen molar-refractivity contribution in [1.82, 2.24) is 0 Å². The Morgan fingerprint density at radius 1 is 1.31 bits per heavy atom. The van der Waals surface area contributed by atoms with Crippen LogP contribution in [0.5, 0.6) is 0 Å². The number of nitrogens with two attached hydrogens (primary N) is 1. The molecule has 0 saturated heterocycles. The summed E-state index contributed by atoms with van der Waals surface area (Å²) in [5.74, 6) is 0. The maximum absolute atomic E-state index is 6.07. The molecule has 0 radical (unpaired) electrons. The molecule has 0 spiro atoms. The molecule has 4 heteroatoms. The Balaban J connectivity index is 2.28. The van der Waals surface area contributed by atoms with Gasteiger partial charge in [0.1, 0.15) is 0 Å². The molecular formula is C9H8BrNS2. The number of hydrogen-bond donors (Lipinski definition) is 1. The maximum Gasteiger partial charge on any atom is 0.0702 e. The van der Waals surface area contributed by atoms with E-state index in [2.05, 4.69) is 38.8 Å². The van der Waals surface area contributed by atoms with E-state index in [-0.39, 0.29) is 6.04 Å². The molecule has 2 N–H and O–H groups in total. The zero-order chi connectivity index (χ0) is 9.26. The van der Waals surface area contributed by atoms with Crippen LogP contribution in [0, 0.1) is 0 Å². The van der Waals surface area contributed by atoms with Gasteiger partial charge in [0, 0.05) is 4.88 Å². The Morgan fingerprint density at radius 3 is 2.69 bits per heavy atom. The second kappa shape index (κ2) is 3.92. The molecule has 0 aliphatic heterocycles. The third-order valence-corrected chi connectivity index (χ3v) is 4.21. The summed E-state index contributed by atoms with van der Waals surface area (Å²) < 4.78 is 1.13. The van der Waals surface area contributed by atoms with Crippen LogP contribution in [0.15, 0.2) is 32.7 Å². The average molecular weight is 274 g/mol. The fourth-order valence-electron chi connectivity index (χ4n) is 1.11. The van der Waals surface area contributed by atoms with E-state index in [1.807, 2.05) is 6.07 Å². The van der Waals surface area contributed by atoms with E-state index < -0.39 is 0 Å². The summed E-state index contributed by atoms with van der Waals surface area (Å²) >= 11 is 6.80. The van der Waals surface area contributed by atoms with Gasteiger partial charge in [0.2, 0.25) is 0 Å². The van der Waals surface area contributed by atoms with Gasteiger partial charge >= 0.3 is 0 Å². The largest absolute Gasteiger partial charge is 0.320 e. The van der Waals surface area contributed by atoms with Crippen molar-refractivity contribution in [3.63, 3.8) is 0 Å². The molecule has 68 valence electrons. The summed E-state index contributed by atoms with van der Waals surface area (Å²) in [6.45, 7) is 0. The second-order valence-electron chi connectivity index (χ2n) is 2.68. The second-order valence-corrected chi connectivity index (χ2v) is 5.95. The fourth-order valence-corrected chi connectivity index (χ4v) is 3.26. The Bertz CT molecular complexity index is 380. The lowest BCUT2D eigenvalue weighted by atomic mass is 10.1. The SMILES string of the molecule is N[C@H](c1ccsc1)c1ccc(Br)s1. The van der Waals surface area contributed by atoms with Crippen molar-refractivity contribution >= 4 is 38.6 Å². The summed E-state index contributed by atoms with van der Waals surface area (Å²) in [7, 11) is 0. The van der Waals surface area contributed by atoms with Gasteiger partial charge in [0.15, 0.2) is 0 Å². The minimum absolute atomic E-state index is 0.0301. The van der Waals surface area contributed by atoms with Gasteiger partial charge in [-0.2, -0.15) is 11.3 Å². The number of thiophene rings is 2. The van der Waals surface area contributed by atoms with E-state index in [0.717, 1.165) is 3.79 Å². The van der Waals surface area contributed by atoms with Gasteiger partial charge < -0.3 is 5.73 Å². The van der Waals surface area contributed by atoms with Crippen LogP contribution in [-0.2, 0) is 0 Å². The molecule has 0 bridgehead atoms. The van der Waals surface area contributed by atoms with Gasteiger partial charge in [-0.25, -0.2) is 0 Å². The molecule has 0 aliphatic rings. The topological polar surface area (TPSA) is 26.0 Å². The Kier molecular flexibility index (Phi) is 2.83. The van der Waals surface area contributed by atoms with Gasteiger partial charge in [-0.05, 0) is 50.5 Å². The smallest absolute Gasteiger partial charge is 0.0702 e. The van der Waals surface area contributed by atoms with Crippen LogP contribution in [0.25, 0.3) is 0 Å². The van der Waals surface area contributed by atoms with Crippen LogP contribution >= 0.6 is 38.6 Å². The van der Waals surface area contributed by atoms with Crippen molar-refractivity contribution in [2.75, 3.05) is 0 Å². The first-order chi connectivity index (χ1) is 6.27. The van der Waals surface area contributed by atoms with E-state index in [4.69, 9.17) is 5.73 Å². The Morgan fingerprint density at radius 2 is 2.15 bits per heavy atom. The molecule has 2 aromatic heterocycles. The zero-order valence-corrected chi connectivity index (χ0v) is 9.95. The Labute approximate surface area is 93.3 Å². The number of rotatable bonds is 2. The van der Waals surface area contributed by atoms with E-state index in [0.29, 0.717) is 0 Å². The van der Waals surface area contributed by atoms with E-state index >= 15 is 0 Å². The quantitative estimate of drug-likeness (QED) is 0.889. The molecule has 0 aliphatic carbocycles. The first-order valence-electron chi connectivity index (χ1n) is 3.80. The molecule has 2 rings (SSSR count). The van der Waals surface area contributed by atoms with E-state index in [1.165, 1.54) is 10.4 Å². The molecule has 0 amide bonds. The predicted molar refractivity (Wildman–Crippen MR) is 62.4 cm³/mol. The number of hydrogen-bond acceptors (Lipinski definition) is 3. The first-order valence-corrected chi connectivity index (χ1v) is 6.35. The lowest BCUT2D eigenvalue weighted by Gasteiger charge is -2.05. The van der Waals surface area contributed by atoms with Crippen LogP contribution < -0.4 is 5.73 Å². The minimum atomic E-state index is 0.0301. The van der Waals surface area contributed by atoms with Crippen LogP contribution in [0.3, 0.4) is 0 Å². The highest BCUT2D eigenvalue weighted by Crippen LogP contribution is 2.30. The average Bonchev–Trinajstić information content (AvgIpc) is 2.72. The lowest BCUT2D eigenvalue weighted by Crippen LogP contribution is -2.08. The van der Waals surface area contributed by atoms with Crippen LogP contribution in [-0.4, -0.2) is 0 Å². The van der Waals surface area contributed by atoms with Gasteiger partial charge in [0.25, 0.3) is 0 Å². The van der Waals surface area contributed by atoms with Crippen molar-refractivity contribution in [2.45, 2.75) is 6.04 Å². The molecular weight excluding hydrogens is 266 g/mol. The lowest BCUT2D eigenvalue weighted by molar-refractivity contribution is 0.899. The first kappa shape index (κ1) is 9.40. The van der Waals surface area contributed by atoms with Gasteiger partial charge in [-0.15, -0.1) is 11.3 Å². The fraction of sp³-hybridized carbons (Fsp3) is 0.111. The third-order valence-electron chi connectivity index (χ3n) is 1.80. The Hall–Kier alpha value is -0.160. The third kappa shape index (κ3) is 2.02. The molecule has 0 fully saturated rings. The monoisotopic (exact) mass is 273 g/mol. The van der Waals surface area contributed by atoms with Crippen molar-refractivity contribution in [3.8, 4) is 0 Å². The van der Waals surface area contributed by atoms with Crippen molar-refractivity contribution < 1.29 is 0 Å². The normalized spacial score (nSPS) is 13.1. The highest BCUT2D eigenvalue weighted by atomic mass is 79.9.